The Balaban J connectivity index is 2.32. The van der Waals surface area contributed by atoms with Crippen LogP contribution in [0.15, 0.2) is 24.3 Å². The predicted molar refractivity (Wildman–Crippen MR) is 83.1 cm³/mol. The molecule has 6 nitrogen and oxygen atoms in total. The van der Waals surface area contributed by atoms with Gasteiger partial charge in [-0.15, -0.1) is 0 Å². The Hall–Kier alpha value is -2.41. The fraction of sp³-hybridized carbons (Fsp3) is 0.214. The molecule has 0 fully saturated rings. The third-order valence-electron chi connectivity index (χ3n) is 2.76. The van der Waals surface area contributed by atoms with Crippen LogP contribution in [0.5, 0.6) is 0 Å². The molecule has 0 aliphatic carbocycles. The lowest BCUT2D eigenvalue weighted by Gasteiger charge is -2.13. The van der Waals surface area contributed by atoms with Crippen molar-refractivity contribution in [3.8, 4) is 0 Å². The van der Waals surface area contributed by atoms with E-state index in [0.29, 0.717) is 5.13 Å². The van der Waals surface area contributed by atoms with E-state index in [2.05, 4.69) is 10.3 Å². The van der Waals surface area contributed by atoms with E-state index in [0.717, 1.165) is 22.7 Å². The van der Waals surface area contributed by atoms with Gasteiger partial charge in [-0.05, 0) is 18.2 Å². The van der Waals surface area contributed by atoms with Crippen molar-refractivity contribution in [3.05, 3.63) is 34.8 Å². The Morgan fingerprint density at radius 2 is 2.05 bits per heavy atom. The van der Waals surface area contributed by atoms with Gasteiger partial charge in [-0.25, -0.2) is 9.78 Å². The third-order valence-corrected chi connectivity index (χ3v) is 3.83. The predicted octanol–water partition coefficient (Wildman–Crippen LogP) is 2.85. The SMILES string of the molecule is CC(=O)c1sc(Nc2cccc(N(C)C)c2)nc1C(=O)O. The number of Topliss-reactive ketones (excluding diaryl/α,β-unsaturated/α-hetero) is 1. The van der Waals surface area contributed by atoms with E-state index >= 15 is 0 Å². The number of nitrogens with one attached hydrogen (secondary N) is 1. The van der Waals surface area contributed by atoms with Crippen molar-refractivity contribution >= 4 is 39.6 Å². The number of thiazole rings is 1. The summed E-state index contributed by atoms with van der Waals surface area (Å²) >= 11 is 1.04. The molecule has 0 atom stereocenters. The summed E-state index contributed by atoms with van der Waals surface area (Å²) in [4.78, 5) is 28.6. The summed E-state index contributed by atoms with van der Waals surface area (Å²) in [6.07, 6.45) is 0. The topological polar surface area (TPSA) is 82.5 Å². The normalized spacial score (nSPS) is 10.2. The molecule has 0 amide bonds. The molecule has 2 rings (SSSR count). The van der Waals surface area contributed by atoms with Crippen molar-refractivity contribution < 1.29 is 14.7 Å². The van der Waals surface area contributed by atoms with Gasteiger partial charge in [0.05, 0.1) is 0 Å². The van der Waals surface area contributed by atoms with Crippen molar-refractivity contribution in [2.24, 2.45) is 0 Å². The molecule has 2 N–H and O–H groups in total. The molecule has 0 saturated carbocycles. The Kier molecular flexibility index (Phi) is 4.23. The van der Waals surface area contributed by atoms with Crippen molar-refractivity contribution in [1.82, 2.24) is 4.98 Å². The fourth-order valence-corrected chi connectivity index (χ4v) is 2.61. The molecule has 2 aromatic rings. The van der Waals surface area contributed by atoms with Crippen LogP contribution < -0.4 is 10.2 Å². The second-order valence-electron chi connectivity index (χ2n) is 4.63. The van der Waals surface area contributed by atoms with E-state index in [1.165, 1.54) is 6.92 Å². The maximum atomic E-state index is 11.5. The molecule has 1 aromatic carbocycles. The summed E-state index contributed by atoms with van der Waals surface area (Å²) < 4.78 is 0. The molecule has 0 aliphatic rings. The summed E-state index contributed by atoms with van der Waals surface area (Å²) in [5, 5.41) is 12.5. The average molecular weight is 305 g/mol. The van der Waals surface area contributed by atoms with Crippen LogP contribution in [0.25, 0.3) is 0 Å². The zero-order valence-electron chi connectivity index (χ0n) is 11.9. The lowest BCUT2D eigenvalue weighted by atomic mass is 10.2. The molecule has 110 valence electrons. The minimum absolute atomic E-state index is 0.147. The van der Waals surface area contributed by atoms with Crippen LogP contribution in [0.3, 0.4) is 0 Å². The van der Waals surface area contributed by atoms with E-state index < -0.39 is 5.97 Å². The summed E-state index contributed by atoms with van der Waals surface area (Å²) in [6, 6.07) is 7.60. The molecule has 0 saturated heterocycles. The largest absolute Gasteiger partial charge is 0.476 e. The number of ketones is 1. The van der Waals surface area contributed by atoms with Gasteiger partial charge in [-0.2, -0.15) is 0 Å². The van der Waals surface area contributed by atoms with Gasteiger partial charge in [0.15, 0.2) is 16.6 Å². The lowest BCUT2D eigenvalue weighted by molar-refractivity contribution is 0.0687. The maximum Gasteiger partial charge on any atom is 0.356 e. The number of hydrogen-bond acceptors (Lipinski definition) is 6. The number of aromatic carboxylic acids is 1. The molecule has 0 spiro atoms. The first-order chi connectivity index (χ1) is 9.88. The zero-order valence-corrected chi connectivity index (χ0v) is 12.7. The van der Waals surface area contributed by atoms with Gasteiger partial charge >= 0.3 is 5.97 Å². The monoisotopic (exact) mass is 305 g/mol. The summed E-state index contributed by atoms with van der Waals surface area (Å²) in [5.74, 6) is -1.51. The van der Waals surface area contributed by atoms with Gasteiger partial charge in [0, 0.05) is 32.4 Å². The highest BCUT2D eigenvalue weighted by atomic mass is 32.1. The van der Waals surface area contributed by atoms with Crippen LogP contribution in [0.4, 0.5) is 16.5 Å². The van der Waals surface area contributed by atoms with Crippen molar-refractivity contribution in [1.29, 1.82) is 0 Å². The fourth-order valence-electron chi connectivity index (χ4n) is 1.74. The number of hydrogen-bond donors (Lipinski definition) is 2. The van der Waals surface area contributed by atoms with E-state index in [9.17, 15) is 9.59 Å². The first-order valence-corrected chi connectivity index (χ1v) is 6.99. The standard InChI is InChI=1S/C14H15N3O3S/c1-8(18)12-11(13(19)20)16-14(21-12)15-9-5-4-6-10(7-9)17(2)3/h4-7H,1-3H3,(H,15,16)(H,19,20). The highest BCUT2D eigenvalue weighted by molar-refractivity contribution is 7.17. The van der Waals surface area contributed by atoms with E-state index in [4.69, 9.17) is 5.11 Å². The van der Waals surface area contributed by atoms with Gasteiger partial charge in [-0.1, -0.05) is 17.4 Å². The number of rotatable bonds is 5. The quantitative estimate of drug-likeness (QED) is 0.827. The number of carbonyl (C=O) groups is 2. The molecule has 7 heteroatoms. The smallest absolute Gasteiger partial charge is 0.356 e. The minimum Gasteiger partial charge on any atom is -0.476 e. The van der Waals surface area contributed by atoms with Crippen LogP contribution >= 0.6 is 11.3 Å². The van der Waals surface area contributed by atoms with E-state index in [1.807, 2.05) is 43.3 Å². The molecule has 1 heterocycles. The second-order valence-corrected chi connectivity index (χ2v) is 5.63. The summed E-state index contributed by atoms with van der Waals surface area (Å²) in [5.41, 5.74) is 1.57. The molecular weight excluding hydrogens is 290 g/mol. The van der Waals surface area contributed by atoms with Crippen LogP contribution in [0.2, 0.25) is 0 Å². The summed E-state index contributed by atoms with van der Waals surface area (Å²) in [7, 11) is 3.86. The van der Waals surface area contributed by atoms with Gasteiger partial charge in [0.1, 0.15) is 4.88 Å². The number of carboxylic acids is 1. The third kappa shape index (κ3) is 3.38. The van der Waals surface area contributed by atoms with Crippen LogP contribution in [0, 0.1) is 0 Å². The Morgan fingerprint density at radius 1 is 1.33 bits per heavy atom. The van der Waals surface area contributed by atoms with Gasteiger partial charge in [0.2, 0.25) is 0 Å². The number of benzene rings is 1. The minimum atomic E-state index is -1.20. The molecule has 1 aromatic heterocycles. The Bertz CT molecular complexity index is 663. The molecule has 0 aliphatic heterocycles. The van der Waals surface area contributed by atoms with Gasteiger partial charge in [-0.3, -0.25) is 4.79 Å². The van der Waals surface area contributed by atoms with Crippen molar-refractivity contribution in [2.45, 2.75) is 6.92 Å². The number of carboxylic acid groups (broad SMARTS) is 1. The van der Waals surface area contributed by atoms with Crippen LogP contribution in [0.1, 0.15) is 27.1 Å². The number of carbonyl (C=O) groups excluding carboxylic acids is 1. The zero-order chi connectivity index (χ0) is 15.6. The Morgan fingerprint density at radius 3 is 2.57 bits per heavy atom. The average Bonchev–Trinajstić information content (AvgIpc) is 2.83. The van der Waals surface area contributed by atoms with Crippen molar-refractivity contribution in [3.63, 3.8) is 0 Å². The molecule has 0 radical (unpaired) electrons. The Labute approximate surface area is 126 Å². The lowest BCUT2D eigenvalue weighted by Crippen LogP contribution is -2.08. The maximum absolute atomic E-state index is 11.5. The van der Waals surface area contributed by atoms with E-state index in [1.54, 1.807) is 0 Å². The first-order valence-electron chi connectivity index (χ1n) is 6.18. The molecular formula is C14H15N3O3S. The molecule has 0 unspecified atom stereocenters. The van der Waals surface area contributed by atoms with Gasteiger partial charge < -0.3 is 15.3 Å². The van der Waals surface area contributed by atoms with Gasteiger partial charge in [0.25, 0.3) is 0 Å². The molecule has 0 bridgehead atoms. The van der Waals surface area contributed by atoms with Crippen LogP contribution in [-0.4, -0.2) is 35.9 Å². The van der Waals surface area contributed by atoms with E-state index in [-0.39, 0.29) is 16.4 Å². The van der Waals surface area contributed by atoms with Crippen LogP contribution in [-0.2, 0) is 0 Å². The molecule has 21 heavy (non-hydrogen) atoms. The summed E-state index contributed by atoms with van der Waals surface area (Å²) in [6.45, 7) is 1.33. The second kappa shape index (κ2) is 5.92. The van der Waals surface area contributed by atoms with Crippen molar-refractivity contribution in [2.75, 3.05) is 24.3 Å². The number of anilines is 3. The number of nitrogens with zero attached hydrogens (tertiary/aromatic N) is 2. The highest BCUT2D eigenvalue weighted by Crippen LogP contribution is 2.28. The number of aromatic nitrogens is 1. The highest BCUT2D eigenvalue weighted by Gasteiger charge is 2.20. The first kappa shape index (κ1) is 15.0.